The van der Waals surface area contributed by atoms with Gasteiger partial charge in [-0.3, -0.25) is 19.3 Å². The van der Waals surface area contributed by atoms with E-state index in [2.05, 4.69) is 27.2 Å². The molecule has 1 aromatic heterocycles. The summed E-state index contributed by atoms with van der Waals surface area (Å²) in [5.74, 6) is -2.72. The van der Waals surface area contributed by atoms with Gasteiger partial charge in [0, 0.05) is 75.6 Å². The van der Waals surface area contributed by atoms with E-state index in [-0.39, 0.29) is 23.3 Å². The number of nitrogens with one attached hydrogen (secondary N) is 1. The van der Waals surface area contributed by atoms with Crippen molar-refractivity contribution >= 4 is 23.2 Å². The lowest BCUT2D eigenvalue weighted by atomic mass is 9.83. The highest BCUT2D eigenvalue weighted by Crippen LogP contribution is 2.39. The summed E-state index contributed by atoms with van der Waals surface area (Å²) in [6, 6.07) is 24.1. The van der Waals surface area contributed by atoms with E-state index in [4.69, 9.17) is 0 Å². The molecule has 2 atom stereocenters. The second-order valence-corrected chi connectivity index (χ2v) is 12.4. The van der Waals surface area contributed by atoms with Gasteiger partial charge in [-0.2, -0.15) is 0 Å². The van der Waals surface area contributed by atoms with Crippen LogP contribution in [0.15, 0.2) is 89.7 Å². The molecule has 2 amide bonds. The molecule has 10 heteroatoms. The van der Waals surface area contributed by atoms with Gasteiger partial charge in [0.2, 0.25) is 0 Å². The molecule has 4 aromatic rings. The Morgan fingerprint density at radius 3 is 2.30 bits per heavy atom. The zero-order chi connectivity index (χ0) is 31.8. The minimum Gasteiger partial charge on any atom is -0.369 e. The van der Waals surface area contributed by atoms with Gasteiger partial charge in [0.05, 0.1) is 11.4 Å². The standard InChI is InChI=1S/C36H35F2N5O3/c37-28-8-4-9-29(38)34(28)35(45)39-30-19-26(36(46)41-16-14-40(15-17-41)20-24-6-2-1-3-7-24)12-13-32(30)42-21-25-18-27(23-42)31-10-5-11-33(44)43(31)22-25/h1-13,19,25,27H,14-18,20-23H2,(H,39,45)/t25-,27+/m1/s1. The first-order valence-corrected chi connectivity index (χ1v) is 15.7. The number of halogens is 2. The molecule has 0 aliphatic carbocycles. The number of amides is 2. The third-order valence-electron chi connectivity index (χ3n) is 9.41. The predicted molar refractivity (Wildman–Crippen MR) is 172 cm³/mol. The van der Waals surface area contributed by atoms with E-state index in [1.54, 1.807) is 29.2 Å². The molecule has 0 unspecified atom stereocenters. The first-order valence-electron chi connectivity index (χ1n) is 15.7. The average molecular weight is 624 g/mol. The highest BCUT2D eigenvalue weighted by Gasteiger charge is 2.36. The number of carbonyl (C=O) groups excluding carboxylic acids is 2. The number of carbonyl (C=O) groups is 2. The summed E-state index contributed by atoms with van der Waals surface area (Å²) in [6.45, 7) is 5.21. The minimum absolute atomic E-state index is 0.00992. The van der Waals surface area contributed by atoms with Crippen LogP contribution in [-0.4, -0.2) is 65.4 Å². The van der Waals surface area contributed by atoms with E-state index in [1.807, 2.05) is 34.9 Å². The fourth-order valence-electron chi connectivity index (χ4n) is 7.17. The summed E-state index contributed by atoms with van der Waals surface area (Å²) in [4.78, 5) is 45.8. The number of piperazine rings is 1. The molecule has 236 valence electrons. The van der Waals surface area contributed by atoms with Crippen LogP contribution in [0.3, 0.4) is 0 Å². The van der Waals surface area contributed by atoms with Gasteiger partial charge in [0.1, 0.15) is 17.2 Å². The van der Waals surface area contributed by atoms with Gasteiger partial charge in [0.15, 0.2) is 0 Å². The second-order valence-electron chi connectivity index (χ2n) is 12.4. The highest BCUT2D eigenvalue weighted by atomic mass is 19.1. The number of rotatable bonds is 6. The number of nitrogens with zero attached hydrogens (tertiary/aromatic N) is 4. The summed E-state index contributed by atoms with van der Waals surface area (Å²) in [7, 11) is 0. The lowest BCUT2D eigenvalue weighted by Gasteiger charge is -2.44. The van der Waals surface area contributed by atoms with Gasteiger partial charge in [0.25, 0.3) is 17.4 Å². The van der Waals surface area contributed by atoms with Crippen LogP contribution in [0.2, 0.25) is 0 Å². The maximum absolute atomic E-state index is 14.6. The predicted octanol–water partition coefficient (Wildman–Crippen LogP) is 4.96. The number of hydrogen-bond donors (Lipinski definition) is 1. The highest BCUT2D eigenvalue weighted by molar-refractivity contribution is 6.07. The molecule has 3 aliphatic heterocycles. The summed E-state index contributed by atoms with van der Waals surface area (Å²) in [5.41, 5.74) is 2.88. The van der Waals surface area contributed by atoms with Gasteiger partial charge in [-0.1, -0.05) is 42.5 Å². The van der Waals surface area contributed by atoms with Crippen molar-refractivity contribution in [3.8, 4) is 0 Å². The molecule has 8 nitrogen and oxygen atoms in total. The normalized spacial score (nSPS) is 19.4. The third kappa shape index (κ3) is 5.92. The monoisotopic (exact) mass is 623 g/mol. The zero-order valence-corrected chi connectivity index (χ0v) is 25.4. The van der Waals surface area contributed by atoms with E-state index in [1.165, 1.54) is 11.6 Å². The summed E-state index contributed by atoms with van der Waals surface area (Å²) in [5, 5.41) is 2.74. The number of anilines is 2. The molecule has 0 radical (unpaired) electrons. The van der Waals surface area contributed by atoms with Crippen LogP contribution in [0.5, 0.6) is 0 Å². The van der Waals surface area contributed by atoms with Crippen molar-refractivity contribution in [3.05, 3.63) is 129 Å². The van der Waals surface area contributed by atoms with Crippen LogP contribution >= 0.6 is 0 Å². The number of pyridine rings is 1. The summed E-state index contributed by atoms with van der Waals surface area (Å²) < 4.78 is 31.1. The minimum atomic E-state index is -0.964. The van der Waals surface area contributed by atoms with E-state index in [0.717, 1.165) is 43.9 Å². The van der Waals surface area contributed by atoms with E-state index < -0.39 is 23.1 Å². The molecule has 2 fully saturated rings. The largest absolute Gasteiger partial charge is 0.369 e. The van der Waals surface area contributed by atoms with E-state index in [0.29, 0.717) is 49.7 Å². The Balaban J connectivity index is 1.15. The Morgan fingerprint density at radius 1 is 0.804 bits per heavy atom. The smallest absolute Gasteiger partial charge is 0.261 e. The Labute approximate surface area is 265 Å². The van der Waals surface area contributed by atoms with Gasteiger partial charge in [-0.05, 0) is 54.3 Å². The van der Waals surface area contributed by atoms with Gasteiger partial charge < -0.3 is 19.7 Å². The van der Waals surface area contributed by atoms with Crippen molar-refractivity contribution in [1.82, 2.24) is 14.4 Å². The van der Waals surface area contributed by atoms with Crippen LogP contribution in [0, 0.1) is 17.6 Å². The quantitative estimate of drug-likeness (QED) is 0.329. The second kappa shape index (κ2) is 12.5. The number of fused-ring (bicyclic) bond motifs is 4. The molecule has 3 aromatic carbocycles. The molecule has 4 heterocycles. The fraction of sp³-hybridized carbons (Fsp3) is 0.306. The van der Waals surface area contributed by atoms with Crippen LogP contribution in [0.4, 0.5) is 20.2 Å². The summed E-state index contributed by atoms with van der Waals surface area (Å²) >= 11 is 0. The summed E-state index contributed by atoms with van der Waals surface area (Å²) in [6.07, 6.45) is 0.939. The Hall–Kier alpha value is -4.83. The van der Waals surface area contributed by atoms with Gasteiger partial charge in [-0.25, -0.2) is 8.78 Å². The van der Waals surface area contributed by atoms with Crippen LogP contribution in [0.25, 0.3) is 0 Å². The van der Waals surface area contributed by atoms with Crippen LogP contribution in [0.1, 0.15) is 44.3 Å². The SMILES string of the molecule is O=C(Nc1cc(C(=O)N2CCN(Cc3ccccc3)CC2)ccc1N1C[C@H]2C[C@@H](C1)c1cccc(=O)n1C2)c1c(F)cccc1F. The molecular formula is C36H35F2N5O3. The molecular weight excluding hydrogens is 588 g/mol. The molecule has 7 rings (SSSR count). The average Bonchev–Trinajstić information content (AvgIpc) is 3.05. The first-order chi connectivity index (χ1) is 22.3. The van der Waals surface area contributed by atoms with Gasteiger partial charge in [-0.15, -0.1) is 0 Å². The maximum atomic E-state index is 14.6. The molecule has 2 bridgehead atoms. The molecule has 0 saturated carbocycles. The molecule has 1 N–H and O–H groups in total. The number of aromatic nitrogens is 1. The Bertz CT molecular complexity index is 1820. The van der Waals surface area contributed by atoms with Crippen LogP contribution in [-0.2, 0) is 13.1 Å². The van der Waals surface area contributed by atoms with Crippen molar-refractivity contribution in [1.29, 1.82) is 0 Å². The van der Waals surface area contributed by atoms with E-state index in [9.17, 15) is 23.2 Å². The fourth-order valence-corrected chi connectivity index (χ4v) is 7.17. The zero-order valence-electron chi connectivity index (χ0n) is 25.4. The van der Waals surface area contributed by atoms with E-state index >= 15 is 0 Å². The van der Waals surface area contributed by atoms with Gasteiger partial charge >= 0.3 is 0 Å². The number of piperidine rings is 1. The molecule has 3 aliphatic rings. The van der Waals surface area contributed by atoms with Crippen LogP contribution < -0.4 is 15.8 Å². The lowest BCUT2D eigenvalue weighted by Crippen LogP contribution is -2.48. The van der Waals surface area contributed by atoms with Crippen molar-refractivity contribution in [2.75, 3.05) is 49.5 Å². The van der Waals surface area contributed by atoms with Crippen molar-refractivity contribution < 1.29 is 18.4 Å². The van der Waals surface area contributed by atoms with Crippen molar-refractivity contribution in [2.45, 2.75) is 25.4 Å². The Kier molecular flexibility index (Phi) is 8.12. The maximum Gasteiger partial charge on any atom is 0.261 e. The molecule has 0 spiro atoms. The topological polar surface area (TPSA) is 77.9 Å². The third-order valence-corrected chi connectivity index (χ3v) is 9.41. The first kappa shape index (κ1) is 29.9. The number of benzene rings is 3. The van der Waals surface area contributed by atoms with Crippen molar-refractivity contribution in [3.63, 3.8) is 0 Å². The molecule has 46 heavy (non-hydrogen) atoms. The van der Waals surface area contributed by atoms with Crippen molar-refractivity contribution in [2.24, 2.45) is 5.92 Å². The Morgan fingerprint density at radius 2 is 1.54 bits per heavy atom. The lowest BCUT2D eigenvalue weighted by molar-refractivity contribution is 0.0628. The number of hydrogen-bond acceptors (Lipinski definition) is 5. The molecule has 2 saturated heterocycles.